The molecule has 1 unspecified atom stereocenters. The van der Waals surface area contributed by atoms with Gasteiger partial charge in [-0.1, -0.05) is 13.3 Å². The monoisotopic (exact) mass is 292 g/mol. The van der Waals surface area contributed by atoms with Crippen molar-refractivity contribution in [2.45, 2.75) is 39.7 Å². The van der Waals surface area contributed by atoms with Gasteiger partial charge in [-0.2, -0.15) is 0 Å². The molecular formula is C16H28N4O. The number of amides is 1. The highest BCUT2D eigenvalue weighted by Crippen LogP contribution is 2.14. The number of nitrogens with two attached hydrogens (primary N) is 1. The smallest absolute Gasteiger partial charge is 0.254 e. The number of nitrogens with zero attached hydrogens (tertiary/aromatic N) is 3. The molecule has 5 heteroatoms. The molecule has 0 aliphatic carbocycles. The fourth-order valence-corrected chi connectivity index (χ4v) is 2.57. The standard InChI is InChI=1S/C16H28N4O/c1-6-8-14-9-13(10-15(17)18-14)16(21)20(7-2)12(3)11-19(4)5/h9-10,12H,6-8,11H2,1-5H3,(H2,17,18). The highest BCUT2D eigenvalue weighted by atomic mass is 16.2. The number of carbonyl (C=O) groups is 1. The van der Waals surface area contributed by atoms with Crippen LogP contribution in [-0.4, -0.2) is 53.9 Å². The van der Waals surface area contributed by atoms with Crippen LogP contribution >= 0.6 is 0 Å². The van der Waals surface area contributed by atoms with Crippen LogP contribution in [-0.2, 0) is 6.42 Å². The molecule has 0 bridgehead atoms. The lowest BCUT2D eigenvalue weighted by Crippen LogP contribution is -2.43. The molecule has 0 saturated carbocycles. The van der Waals surface area contributed by atoms with E-state index < -0.39 is 0 Å². The molecule has 0 saturated heterocycles. The minimum Gasteiger partial charge on any atom is -0.384 e. The Labute approximate surface area is 128 Å². The van der Waals surface area contributed by atoms with E-state index in [1.54, 1.807) is 6.07 Å². The zero-order valence-corrected chi connectivity index (χ0v) is 13.9. The third-order valence-corrected chi connectivity index (χ3v) is 3.41. The van der Waals surface area contributed by atoms with Crippen molar-refractivity contribution >= 4 is 11.7 Å². The lowest BCUT2D eigenvalue weighted by Gasteiger charge is -2.30. The van der Waals surface area contributed by atoms with E-state index in [0.717, 1.165) is 25.1 Å². The summed E-state index contributed by atoms with van der Waals surface area (Å²) < 4.78 is 0. The molecule has 0 spiro atoms. The number of aryl methyl sites for hydroxylation is 1. The second-order valence-corrected chi connectivity index (χ2v) is 5.72. The second-order valence-electron chi connectivity index (χ2n) is 5.72. The zero-order chi connectivity index (χ0) is 16.0. The van der Waals surface area contributed by atoms with Gasteiger partial charge in [-0.25, -0.2) is 4.98 Å². The van der Waals surface area contributed by atoms with Gasteiger partial charge in [0, 0.05) is 30.4 Å². The first-order chi connectivity index (χ1) is 9.88. The molecule has 1 atom stereocenters. The Hall–Kier alpha value is -1.62. The van der Waals surface area contributed by atoms with E-state index in [4.69, 9.17) is 5.73 Å². The predicted octanol–water partition coefficient (Wildman–Crippen LogP) is 2.03. The summed E-state index contributed by atoms with van der Waals surface area (Å²) in [5.74, 6) is 0.443. The summed E-state index contributed by atoms with van der Waals surface area (Å²) in [6, 6.07) is 3.70. The van der Waals surface area contributed by atoms with Crippen molar-refractivity contribution < 1.29 is 4.79 Å². The van der Waals surface area contributed by atoms with Crippen LogP contribution in [0.3, 0.4) is 0 Å². The van der Waals surface area contributed by atoms with Crippen LogP contribution in [0.25, 0.3) is 0 Å². The van der Waals surface area contributed by atoms with Gasteiger partial charge in [-0.05, 0) is 46.5 Å². The van der Waals surface area contributed by atoms with E-state index in [-0.39, 0.29) is 11.9 Å². The topological polar surface area (TPSA) is 62.5 Å². The third kappa shape index (κ3) is 5.01. The summed E-state index contributed by atoms with van der Waals surface area (Å²) in [5, 5.41) is 0. The number of nitrogen functional groups attached to an aromatic ring is 1. The molecule has 5 nitrogen and oxygen atoms in total. The molecule has 118 valence electrons. The van der Waals surface area contributed by atoms with Crippen molar-refractivity contribution in [3.05, 3.63) is 23.4 Å². The second kappa shape index (κ2) is 7.98. The molecule has 0 radical (unpaired) electrons. The van der Waals surface area contributed by atoms with Gasteiger partial charge in [0.15, 0.2) is 0 Å². The first-order valence-electron chi connectivity index (χ1n) is 7.61. The van der Waals surface area contributed by atoms with Crippen LogP contribution in [0.5, 0.6) is 0 Å². The van der Waals surface area contributed by atoms with Crippen LogP contribution in [0, 0.1) is 0 Å². The maximum atomic E-state index is 12.7. The summed E-state index contributed by atoms with van der Waals surface area (Å²) in [4.78, 5) is 21.0. The molecule has 0 aliphatic rings. The Kier molecular flexibility index (Phi) is 6.62. The van der Waals surface area contributed by atoms with Crippen LogP contribution in [0.4, 0.5) is 5.82 Å². The van der Waals surface area contributed by atoms with Gasteiger partial charge in [-0.3, -0.25) is 4.79 Å². The van der Waals surface area contributed by atoms with Crippen molar-refractivity contribution in [1.29, 1.82) is 0 Å². The number of likely N-dealkylation sites (N-methyl/N-ethyl adjacent to an activating group) is 2. The molecule has 1 rings (SSSR count). The minimum absolute atomic E-state index is 0.0262. The fraction of sp³-hybridized carbons (Fsp3) is 0.625. The van der Waals surface area contributed by atoms with E-state index in [0.29, 0.717) is 17.9 Å². The van der Waals surface area contributed by atoms with Crippen LogP contribution in [0.2, 0.25) is 0 Å². The van der Waals surface area contributed by atoms with Crippen molar-refractivity contribution in [3.8, 4) is 0 Å². The first kappa shape index (κ1) is 17.4. The highest BCUT2D eigenvalue weighted by Gasteiger charge is 2.21. The number of carbonyl (C=O) groups excluding carboxylic acids is 1. The maximum absolute atomic E-state index is 12.7. The quantitative estimate of drug-likeness (QED) is 0.835. The number of anilines is 1. The number of aromatic nitrogens is 1. The maximum Gasteiger partial charge on any atom is 0.254 e. The van der Waals surface area contributed by atoms with Gasteiger partial charge in [0.1, 0.15) is 5.82 Å². The van der Waals surface area contributed by atoms with Crippen LogP contribution in [0.15, 0.2) is 12.1 Å². The molecule has 0 aromatic carbocycles. The fourth-order valence-electron chi connectivity index (χ4n) is 2.57. The molecule has 2 N–H and O–H groups in total. The van der Waals surface area contributed by atoms with Gasteiger partial charge >= 0.3 is 0 Å². The first-order valence-corrected chi connectivity index (χ1v) is 7.61. The molecule has 1 heterocycles. The summed E-state index contributed by atoms with van der Waals surface area (Å²) in [5.41, 5.74) is 7.36. The molecule has 21 heavy (non-hydrogen) atoms. The number of rotatable bonds is 7. The number of pyridine rings is 1. The lowest BCUT2D eigenvalue weighted by molar-refractivity contribution is 0.0679. The van der Waals surface area contributed by atoms with Crippen molar-refractivity contribution in [3.63, 3.8) is 0 Å². The zero-order valence-electron chi connectivity index (χ0n) is 13.9. The molecule has 1 aromatic heterocycles. The molecule has 0 aliphatic heterocycles. The molecule has 0 fully saturated rings. The normalized spacial score (nSPS) is 12.5. The predicted molar refractivity (Wildman–Crippen MR) is 87.4 cm³/mol. The largest absolute Gasteiger partial charge is 0.384 e. The summed E-state index contributed by atoms with van der Waals surface area (Å²) in [6.45, 7) is 7.67. The van der Waals surface area contributed by atoms with E-state index in [2.05, 4.69) is 23.7 Å². The van der Waals surface area contributed by atoms with Gasteiger partial charge < -0.3 is 15.5 Å². The lowest BCUT2D eigenvalue weighted by atomic mass is 10.1. The van der Waals surface area contributed by atoms with Gasteiger partial charge in [0.25, 0.3) is 5.91 Å². The number of hydrogen-bond acceptors (Lipinski definition) is 4. The van der Waals surface area contributed by atoms with Crippen molar-refractivity contribution in [2.75, 3.05) is 32.9 Å². The number of hydrogen-bond donors (Lipinski definition) is 1. The van der Waals surface area contributed by atoms with E-state index in [9.17, 15) is 4.79 Å². The van der Waals surface area contributed by atoms with Crippen LogP contribution in [0.1, 0.15) is 43.2 Å². The Balaban J connectivity index is 2.99. The Morgan fingerprint density at radius 2 is 2.00 bits per heavy atom. The Bertz CT molecular complexity index is 473. The average molecular weight is 292 g/mol. The SMILES string of the molecule is CCCc1cc(C(=O)N(CC)C(C)CN(C)C)cc(N)n1. The Morgan fingerprint density at radius 1 is 1.33 bits per heavy atom. The molecule has 1 amide bonds. The summed E-state index contributed by atoms with van der Waals surface area (Å²) in [7, 11) is 4.02. The highest BCUT2D eigenvalue weighted by molar-refractivity contribution is 5.95. The van der Waals surface area contributed by atoms with Gasteiger partial charge in [-0.15, -0.1) is 0 Å². The molecule has 1 aromatic rings. The third-order valence-electron chi connectivity index (χ3n) is 3.41. The summed E-state index contributed by atoms with van der Waals surface area (Å²) in [6.07, 6.45) is 1.82. The van der Waals surface area contributed by atoms with E-state index >= 15 is 0 Å². The Morgan fingerprint density at radius 3 is 2.52 bits per heavy atom. The molecular weight excluding hydrogens is 264 g/mol. The van der Waals surface area contributed by atoms with Gasteiger partial charge in [0.05, 0.1) is 0 Å². The van der Waals surface area contributed by atoms with Gasteiger partial charge in [0.2, 0.25) is 0 Å². The average Bonchev–Trinajstić information content (AvgIpc) is 2.38. The summed E-state index contributed by atoms with van der Waals surface area (Å²) >= 11 is 0. The minimum atomic E-state index is 0.0262. The van der Waals surface area contributed by atoms with E-state index in [1.807, 2.05) is 32.0 Å². The van der Waals surface area contributed by atoms with Crippen LogP contribution < -0.4 is 5.73 Å². The van der Waals surface area contributed by atoms with Crippen molar-refractivity contribution in [1.82, 2.24) is 14.8 Å². The van der Waals surface area contributed by atoms with Crippen molar-refractivity contribution in [2.24, 2.45) is 0 Å². The van der Waals surface area contributed by atoms with E-state index in [1.165, 1.54) is 0 Å².